The van der Waals surface area contributed by atoms with E-state index in [2.05, 4.69) is 9.72 Å². The van der Waals surface area contributed by atoms with Gasteiger partial charge in [-0.3, -0.25) is 0 Å². The molecule has 0 aliphatic rings. The van der Waals surface area contributed by atoms with E-state index in [4.69, 9.17) is 4.74 Å². The first-order valence-electron chi connectivity index (χ1n) is 9.53. The molecule has 0 amide bonds. The molecular formula is C24H16F3NO3S. The predicted octanol–water partition coefficient (Wildman–Crippen LogP) is 6.73. The summed E-state index contributed by atoms with van der Waals surface area (Å²) in [6.45, 7) is 0.0501. The number of para-hydroxylation sites is 1. The third kappa shape index (κ3) is 5.15. The van der Waals surface area contributed by atoms with Gasteiger partial charge in [0.1, 0.15) is 17.4 Å². The maximum absolute atomic E-state index is 12.9. The van der Waals surface area contributed by atoms with Crippen molar-refractivity contribution in [2.45, 2.75) is 13.0 Å². The number of benzene rings is 3. The van der Waals surface area contributed by atoms with E-state index in [0.29, 0.717) is 10.4 Å². The van der Waals surface area contributed by atoms with Gasteiger partial charge in [-0.2, -0.15) is 0 Å². The summed E-state index contributed by atoms with van der Waals surface area (Å²) >= 11 is 1.10. The number of carbonyl (C=O) groups is 1. The second-order valence-electron chi connectivity index (χ2n) is 6.67. The van der Waals surface area contributed by atoms with Gasteiger partial charge in [0.25, 0.3) is 0 Å². The zero-order valence-corrected chi connectivity index (χ0v) is 17.3. The van der Waals surface area contributed by atoms with Gasteiger partial charge in [-0.15, -0.1) is 24.5 Å². The molecule has 8 heteroatoms. The van der Waals surface area contributed by atoms with Gasteiger partial charge in [0, 0.05) is 0 Å². The average Bonchev–Trinajstić information content (AvgIpc) is 3.23. The zero-order valence-electron chi connectivity index (χ0n) is 16.5. The number of carbonyl (C=O) groups excluding carboxylic acids is 1. The Labute approximate surface area is 185 Å². The van der Waals surface area contributed by atoms with Crippen molar-refractivity contribution in [3.63, 3.8) is 0 Å². The third-order valence-electron chi connectivity index (χ3n) is 4.41. The van der Waals surface area contributed by atoms with Crippen LogP contribution in [-0.4, -0.2) is 17.3 Å². The van der Waals surface area contributed by atoms with Crippen molar-refractivity contribution in [1.29, 1.82) is 0 Å². The topological polar surface area (TPSA) is 48.4 Å². The Balaban J connectivity index is 1.72. The molecule has 1 heterocycles. The van der Waals surface area contributed by atoms with Crippen LogP contribution in [-0.2, 0) is 11.3 Å². The summed E-state index contributed by atoms with van der Waals surface area (Å²) in [6.07, 6.45) is -4.85. The van der Waals surface area contributed by atoms with Gasteiger partial charge in [0.15, 0.2) is 5.69 Å². The fourth-order valence-corrected chi connectivity index (χ4v) is 4.10. The van der Waals surface area contributed by atoms with E-state index in [1.54, 1.807) is 30.3 Å². The molecule has 32 heavy (non-hydrogen) atoms. The van der Waals surface area contributed by atoms with Crippen molar-refractivity contribution >= 4 is 17.3 Å². The molecule has 0 unspecified atom stereocenters. The number of nitrogens with zero attached hydrogens (tertiary/aromatic N) is 1. The highest BCUT2D eigenvalue weighted by molar-refractivity contribution is 7.18. The first-order valence-corrected chi connectivity index (χ1v) is 10.3. The standard InChI is InChI=1S/C24H16F3NO3S/c25-24(26,27)31-19-14-8-7-13-18(19)22-28-20(21(32-22)17-11-5-2-6-12-17)23(29)30-15-16-9-3-1-4-10-16/h1-14H,15H2. The molecule has 0 saturated heterocycles. The fraction of sp³-hybridized carbons (Fsp3) is 0.0833. The molecule has 162 valence electrons. The van der Waals surface area contributed by atoms with Crippen molar-refractivity contribution in [1.82, 2.24) is 4.98 Å². The summed E-state index contributed by atoms with van der Waals surface area (Å²) in [5.74, 6) is -1.05. The molecular weight excluding hydrogens is 439 g/mol. The summed E-state index contributed by atoms with van der Waals surface area (Å²) in [4.78, 5) is 17.7. The molecule has 4 nitrogen and oxygen atoms in total. The lowest BCUT2D eigenvalue weighted by atomic mass is 10.1. The molecule has 4 aromatic rings. The summed E-state index contributed by atoms with van der Waals surface area (Å²) in [5.41, 5.74) is 1.68. The van der Waals surface area contributed by atoms with E-state index in [1.165, 1.54) is 18.2 Å². The summed E-state index contributed by atoms with van der Waals surface area (Å²) < 4.78 is 48.2. The van der Waals surface area contributed by atoms with E-state index < -0.39 is 18.1 Å². The van der Waals surface area contributed by atoms with Crippen LogP contribution in [0.1, 0.15) is 16.1 Å². The van der Waals surface area contributed by atoms with Gasteiger partial charge in [-0.05, 0) is 23.3 Å². The lowest BCUT2D eigenvalue weighted by Crippen LogP contribution is -2.17. The van der Waals surface area contributed by atoms with Crippen molar-refractivity contribution in [3.05, 3.63) is 96.2 Å². The third-order valence-corrected chi connectivity index (χ3v) is 5.55. The van der Waals surface area contributed by atoms with Crippen LogP contribution in [0.2, 0.25) is 0 Å². The maximum Gasteiger partial charge on any atom is 0.573 e. The Morgan fingerprint density at radius 1 is 0.875 bits per heavy atom. The molecule has 0 radical (unpaired) electrons. The number of thiazole rings is 1. The minimum atomic E-state index is -4.85. The highest BCUT2D eigenvalue weighted by Gasteiger charge is 2.33. The number of hydrogen-bond acceptors (Lipinski definition) is 5. The highest BCUT2D eigenvalue weighted by atomic mass is 32.1. The zero-order chi connectivity index (χ0) is 22.6. The number of esters is 1. The molecule has 0 N–H and O–H groups in total. The van der Waals surface area contributed by atoms with Crippen LogP contribution >= 0.6 is 11.3 Å². The molecule has 4 rings (SSSR count). The SMILES string of the molecule is O=C(OCc1ccccc1)c1nc(-c2ccccc2OC(F)(F)F)sc1-c1ccccc1. The van der Waals surface area contributed by atoms with E-state index in [1.807, 2.05) is 36.4 Å². The molecule has 1 aromatic heterocycles. The normalized spacial score (nSPS) is 11.2. The molecule has 0 fully saturated rings. The average molecular weight is 455 g/mol. The second kappa shape index (κ2) is 9.23. The first kappa shape index (κ1) is 21.6. The fourth-order valence-electron chi connectivity index (χ4n) is 3.01. The number of aromatic nitrogens is 1. The molecule has 0 aliphatic heterocycles. The van der Waals surface area contributed by atoms with Gasteiger partial charge in [0.05, 0.1) is 10.4 Å². The number of rotatable bonds is 6. The summed E-state index contributed by atoms with van der Waals surface area (Å²) in [6, 6.07) is 23.9. The Morgan fingerprint density at radius 3 is 2.19 bits per heavy atom. The number of ether oxygens (including phenoxy) is 2. The van der Waals surface area contributed by atoms with E-state index in [9.17, 15) is 18.0 Å². The lowest BCUT2D eigenvalue weighted by Gasteiger charge is -2.11. The monoisotopic (exact) mass is 455 g/mol. The number of halogens is 3. The lowest BCUT2D eigenvalue weighted by molar-refractivity contribution is -0.274. The van der Waals surface area contributed by atoms with Gasteiger partial charge < -0.3 is 9.47 Å². The van der Waals surface area contributed by atoms with Crippen molar-refractivity contribution in [3.8, 4) is 26.8 Å². The van der Waals surface area contributed by atoms with E-state index in [-0.39, 0.29) is 22.9 Å². The highest BCUT2D eigenvalue weighted by Crippen LogP contribution is 2.40. The van der Waals surface area contributed by atoms with Crippen molar-refractivity contribution in [2.24, 2.45) is 0 Å². The van der Waals surface area contributed by atoms with Gasteiger partial charge in [-0.25, -0.2) is 9.78 Å². The van der Waals surface area contributed by atoms with Crippen LogP contribution in [0.3, 0.4) is 0 Å². The Hall–Kier alpha value is -3.65. The van der Waals surface area contributed by atoms with Gasteiger partial charge in [-0.1, -0.05) is 72.8 Å². The summed E-state index contributed by atoms with van der Waals surface area (Å²) in [7, 11) is 0. The van der Waals surface area contributed by atoms with Crippen LogP contribution in [0.25, 0.3) is 21.0 Å². The molecule has 0 aliphatic carbocycles. The summed E-state index contributed by atoms with van der Waals surface area (Å²) in [5, 5.41) is 0.218. The molecule has 0 atom stereocenters. The van der Waals surface area contributed by atoms with Crippen LogP contribution in [0.4, 0.5) is 13.2 Å². The Bertz CT molecular complexity index is 1210. The maximum atomic E-state index is 12.9. The van der Waals surface area contributed by atoms with Crippen LogP contribution < -0.4 is 4.74 Å². The number of alkyl halides is 3. The van der Waals surface area contributed by atoms with Crippen LogP contribution in [0.5, 0.6) is 5.75 Å². The first-order chi connectivity index (χ1) is 15.4. The van der Waals surface area contributed by atoms with E-state index >= 15 is 0 Å². The molecule has 0 saturated carbocycles. The van der Waals surface area contributed by atoms with E-state index in [0.717, 1.165) is 16.9 Å². The molecule has 3 aromatic carbocycles. The Morgan fingerprint density at radius 2 is 1.50 bits per heavy atom. The van der Waals surface area contributed by atoms with Crippen molar-refractivity contribution in [2.75, 3.05) is 0 Å². The van der Waals surface area contributed by atoms with Gasteiger partial charge >= 0.3 is 12.3 Å². The minimum Gasteiger partial charge on any atom is -0.456 e. The number of hydrogen-bond donors (Lipinski definition) is 0. The van der Waals surface area contributed by atoms with Gasteiger partial charge in [0.2, 0.25) is 0 Å². The molecule has 0 bridgehead atoms. The molecule has 0 spiro atoms. The van der Waals surface area contributed by atoms with Crippen molar-refractivity contribution < 1.29 is 27.4 Å². The smallest absolute Gasteiger partial charge is 0.456 e. The Kier molecular flexibility index (Phi) is 6.23. The second-order valence-corrected chi connectivity index (χ2v) is 7.67. The quantitative estimate of drug-likeness (QED) is 0.302. The predicted molar refractivity (Wildman–Crippen MR) is 115 cm³/mol. The van der Waals surface area contributed by atoms with Crippen LogP contribution in [0.15, 0.2) is 84.9 Å². The largest absolute Gasteiger partial charge is 0.573 e. The minimum absolute atomic E-state index is 0.0361. The van der Waals surface area contributed by atoms with Crippen LogP contribution in [0, 0.1) is 0 Å².